The van der Waals surface area contributed by atoms with Crippen molar-refractivity contribution in [2.75, 3.05) is 14.2 Å². The average Bonchev–Trinajstić information content (AvgIpc) is 2.76. The number of alkyl halides is 2. The molecule has 0 unspecified atom stereocenters. The number of benzene rings is 1. The Balaban J connectivity index is 4.02. The minimum atomic E-state index is -5.89. The maximum absolute atomic E-state index is 16.3. The van der Waals surface area contributed by atoms with Gasteiger partial charge >= 0.3 is 20.3 Å². The Kier molecular flexibility index (Phi) is 10.7. The Morgan fingerprint density at radius 3 is 1.41 bits per heavy atom. The van der Waals surface area contributed by atoms with Gasteiger partial charge in [0.25, 0.3) is 5.92 Å². The highest BCUT2D eigenvalue weighted by atomic mass is 32.3. The molecule has 0 bridgehead atoms. The van der Waals surface area contributed by atoms with E-state index in [4.69, 9.17) is 13.7 Å². The third-order valence-corrected chi connectivity index (χ3v) is 11.2. The van der Waals surface area contributed by atoms with Crippen molar-refractivity contribution < 1.29 is 43.2 Å². The van der Waals surface area contributed by atoms with Crippen LogP contribution in [0.1, 0.15) is 90.8 Å². The molecule has 0 heterocycles. The molecule has 7 nitrogen and oxygen atoms in total. The van der Waals surface area contributed by atoms with Crippen LogP contribution in [0.3, 0.4) is 0 Å². The van der Waals surface area contributed by atoms with Gasteiger partial charge in [-0.25, -0.2) is 8.78 Å². The second-order valence-electron chi connectivity index (χ2n) is 10.2. The lowest BCUT2D eigenvalue weighted by molar-refractivity contribution is -0.0897. The molecule has 216 valence electrons. The van der Waals surface area contributed by atoms with Crippen molar-refractivity contribution in [1.29, 1.82) is 0 Å². The largest absolute Gasteiger partial charge is 0.381 e. The lowest BCUT2D eigenvalue weighted by atomic mass is 9.81. The fraction of sp³-hybridized carbons (Fsp3) is 0.760. The number of halogens is 3. The highest BCUT2D eigenvalue weighted by Crippen LogP contribution is 2.54. The zero-order valence-corrected chi connectivity index (χ0v) is 24.8. The highest BCUT2D eigenvalue weighted by Gasteiger charge is 2.74. The molecule has 0 spiro atoms. The van der Waals surface area contributed by atoms with Crippen LogP contribution in [0.2, 0.25) is 0 Å². The molecule has 1 aromatic rings. The predicted octanol–water partition coefficient (Wildman–Crippen LogP) is 6.04. The molecule has 37 heavy (non-hydrogen) atoms. The number of hydrogen-bond donors (Lipinski definition) is 0. The second-order valence-corrected chi connectivity index (χ2v) is 13.7. The second kappa shape index (κ2) is 11.8. The molecule has 0 aliphatic carbocycles. The lowest BCUT2D eigenvalue weighted by Gasteiger charge is -2.46. The summed E-state index contributed by atoms with van der Waals surface area (Å²) in [6.45, 7) is 10.2. The first-order chi connectivity index (χ1) is 16.8. The molecule has 0 N–H and O–H groups in total. The van der Waals surface area contributed by atoms with E-state index in [1.807, 2.05) is 20.8 Å². The van der Waals surface area contributed by atoms with Crippen LogP contribution in [0.4, 0.5) is 12.7 Å². The van der Waals surface area contributed by atoms with Crippen molar-refractivity contribution in [3.05, 3.63) is 28.8 Å². The zero-order chi connectivity index (χ0) is 29.1. The van der Waals surface area contributed by atoms with E-state index in [0.717, 1.165) is 19.4 Å². The molecule has 0 atom stereocenters. The van der Waals surface area contributed by atoms with Gasteiger partial charge in [-0.2, -0.15) is 16.8 Å². The summed E-state index contributed by atoms with van der Waals surface area (Å²) in [5.74, 6) is -4.78. The van der Waals surface area contributed by atoms with Crippen molar-refractivity contribution in [2.45, 2.75) is 108 Å². The Hall–Kier alpha value is -1.37. The van der Waals surface area contributed by atoms with Crippen LogP contribution in [-0.4, -0.2) is 46.5 Å². The van der Waals surface area contributed by atoms with Gasteiger partial charge < -0.3 is 13.7 Å². The van der Waals surface area contributed by atoms with Crippen LogP contribution < -0.4 is 4.18 Å². The molecule has 0 aliphatic rings. The van der Waals surface area contributed by atoms with Gasteiger partial charge in [0.2, 0.25) is 0 Å². The Morgan fingerprint density at radius 1 is 0.757 bits per heavy atom. The van der Waals surface area contributed by atoms with E-state index in [1.54, 1.807) is 12.1 Å². The predicted molar refractivity (Wildman–Crippen MR) is 138 cm³/mol. The first kappa shape index (κ1) is 33.7. The summed E-state index contributed by atoms with van der Waals surface area (Å²) >= 11 is 0. The summed E-state index contributed by atoms with van der Waals surface area (Å²) in [5.41, 5.74) is 1.01. The van der Waals surface area contributed by atoms with E-state index in [1.165, 1.54) is 28.1 Å². The van der Waals surface area contributed by atoms with Crippen LogP contribution in [-0.2, 0) is 48.4 Å². The number of ether oxygens (including phenoxy) is 2. The highest BCUT2D eigenvalue weighted by molar-refractivity contribution is 7.89. The third kappa shape index (κ3) is 5.81. The molecule has 0 radical (unpaired) electrons. The normalized spacial score (nSPS) is 14.2. The van der Waals surface area contributed by atoms with Crippen molar-refractivity contribution >= 4 is 20.3 Å². The minimum Gasteiger partial charge on any atom is -0.381 e. The van der Waals surface area contributed by atoms with E-state index >= 15 is 8.78 Å². The molecular formula is C25H41F3O7S2. The molecule has 0 amide bonds. The molecule has 0 saturated heterocycles. The summed E-state index contributed by atoms with van der Waals surface area (Å²) in [7, 11) is -8.39. The SMILES string of the molecule is CCC(CC)(C(F)(F)C(CC)(CC)S(=O)(=O)Oc1c(COC)cc(C(C)(C)C)cc1COC)S(=O)(=O)F. The summed E-state index contributed by atoms with van der Waals surface area (Å²) in [4.78, 5) is 0. The van der Waals surface area contributed by atoms with E-state index < -0.39 is 61.4 Å². The van der Waals surface area contributed by atoms with E-state index in [-0.39, 0.29) is 35.5 Å². The van der Waals surface area contributed by atoms with Gasteiger partial charge in [-0.3, -0.25) is 0 Å². The van der Waals surface area contributed by atoms with Gasteiger partial charge in [-0.15, -0.1) is 3.89 Å². The summed E-state index contributed by atoms with van der Waals surface area (Å²) in [6.07, 6.45) is -3.13. The zero-order valence-electron chi connectivity index (χ0n) is 23.2. The van der Waals surface area contributed by atoms with Crippen LogP contribution in [0.5, 0.6) is 5.75 Å². The monoisotopic (exact) mass is 574 g/mol. The fourth-order valence-electron chi connectivity index (χ4n) is 4.82. The van der Waals surface area contributed by atoms with Crippen molar-refractivity contribution in [2.24, 2.45) is 0 Å². The maximum Gasteiger partial charge on any atom is 0.321 e. The average molecular weight is 575 g/mol. The smallest absolute Gasteiger partial charge is 0.321 e. The van der Waals surface area contributed by atoms with Crippen LogP contribution in [0.25, 0.3) is 0 Å². The molecule has 12 heteroatoms. The molecular weight excluding hydrogens is 533 g/mol. The molecule has 1 aromatic carbocycles. The summed E-state index contributed by atoms with van der Waals surface area (Å²) in [5, 5.41) is 0. The molecule has 0 aliphatic heterocycles. The topological polar surface area (TPSA) is 96.0 Å². The molecule has 0 fully saturated rings. The van der Waals surface area contributed by atoms with Gasteiger partial charge in [0.15, 0.2) is 15.2 Å². The summed E-state index contributed by atoms with van der Waals surface area (Å²) < 4.78 is 109. The Morgan fingerprint density at radius 2 is 1.14 bits per heavy atom. The molecule has 0 aromatic heterocycles. The maximum atomic E-state index is 16.3. The number of methoxy groups -OCH3 is 2. The first-order valence-corrected chi connectivity index (χ1v) is 15.0. The van der Waals surface area contributed by atoms with Gasteiger partial charge in [-0.1, -0.05) is 48.5 Å². The van der Waals surface area contributed by atoms with Gasteiger partial charge in [0, 0.05) is 25.3 Å². The number of rotatable bonds is 14. The quantitative estimate of drug-likeness (QED) is 0.198. The number of hydrogen-bond acceptors (Lipinski definition) is 7. The Bertz CT molecular complexity index is 1110. The standard InChI is InChI=1S/C25H41F3O7S2/c1-10-23(11-2,36(28,29)30)25(26,27)24(12-3,13-4)37(31,32)35-21-18(16-33-8)14-20(22(5,6)7)15-19(21)17-34-9/h14-15H,10-13,16-17H2,1-9H3. The molecule has 0 saturated carbocycles. The van der Waals surface area contributed by atoms with E-state index in [0.29, 0.717) is 0 Å². The lowest BCUT2D eigenvalue weighted by Crippen LogP contribution is -2.67. The Labute approximate surface area is 220 Å². The van der Waals surface area contributed by atoms with Gasteiger partial charge in [0.1, 0.15) is 0 Å². The van der Waals surface area contributed by atoms with Crippen LogP contribution in [0, 0.1) is 0 Å². The molecule has 1 rings (SSSR count). The van der Waals surface area contributed by atoms with Crippen molar-refractivity contribution in [3.63, 3.8) is 0 Å². The van der Waals surface area contributed by atoms with Gasteiger partial charge in [-0.05, 0) is 48.8 Å². The van der Waals surface area contributed by atoms with Crippen molar-refractivity contribution in [3.8, 4) is 5.75 Å². The van der Waals surface area contributed by atoms with Gasteiger partial charge in [0.05, 0.1) is 13.2 Å². The van der Waals surface area contributed by atoms with Crippen LogP contribution >= 0.6 is 0 Å². The minimum absolute atomic E-state index is 0.0974. The third-order valence-electron chi connectivity index (χ3n) is 7.28. The van der Waals surface area contributed by atoms with Crippen molar-refractivity contribution in [1.82, 2.24) is 0 Å². The van der Waals surface area contributed by atoms with E-state index in [9.17, 15) is 20.7 Å². The van der Waals surface area contributed by atoms with E-state index in [2.05, 4.69) is 0 Å². The fourth-order valence-corrected chi connectivity index (χ4v) is 7.89. The first-order valence-electron chi connectivity index (χ1n) is 12.2. The summed E-state index contributed by atoms with van der Waals surface area (Å²) in [6, 6.07) is 3.33. The van der Waals surface area contributed by atoms with Crippen LogP contribution in [0.15, 0.2) is 12.1 Å².